The van der Waals surface area contributed by atoms with Crippen LogP contribution in [0.4, 0.5) is 0 Å². The summed E-state index contributed by atoms with van der Waals surface area (Å²) in [7, 11) is 0.716. The second-order valence-electron chi connectivity index (χ2n) is 3.44. The largest absolute Gasteiger partial charge is 0.823 e. The SMILES string of the molecule is CCC(C)P=C([O-])c1c(Cl)cc(Cl)cc1Cl. The van der Waals surface area contributed by atoms with Crippen molar-refractivity contribution in [3.8, 4) is 0 Å². The van der Waals surface area contributed by atoms with Gasteiger partial charge < -0.3 is 5.11 Å². The van der Waals surface area contributed by atoms with Crippen LogP contribution in [-0.2, 0) is 0 Å². The van der Waals surface area contributed by atoms with E-state index in [2.05, 4.69) is 0 Å². The topological polar surface area (TPSA) is 23.1 Å². The van der Waals surface area contributed by atoms with E-state index in [4.69, 9.17) is 34.8 Å². The lowest BCUT2D eigenvalue weighted by atomic mass is 10.2. The normalized spacial score (nSPS) is 14.0. The summed E-state index contributed by atoms with van der Waals surface area (Å²) in [6.07, 6.45) is 0.941. The Hall–Kier alpha value is 0.220. The first-order valence-electron chi connectivity index (χ1n) is 4.85. The van der Waals surface area contributed by atoms with Gasteiger partial charge in [-0.05, 0) is 24.2 Å². The van der Waals surface area contributed by atoms with E-state index in [9.17, 15) is 5.11 Å². The Morgan fingerprint density at radius 1 is 1.31 bits per heavy atom. The summed E-state index contributed by atoms with van der Waals surface area (Å²) in [5.74, 6) is 0. The molecule has 0 radical (unpaired) electrons. The van der Waals surface area contributed by atoms with Crippen LogP contribution in [0.3, 0.4) is 0 Å². The first kappa shape index (κ1) is 14.3. The zero-order valence-corrected chi connectivity index (χ0v) is 12.1. The molecule has 0 spiro atoms. The lowest BCUT2D eigenvalue weighted by molar-refractivity contribution is -0.207. The van der Waals surface area contributed by atoms with Crippen molar-refractivity contribution in [1.82, 2.24) is 0 Å². The summed E-state index contributed by atoms with van der Waals surface area (Å²) in [5.41, 5.74) is 0.617. The highest BCUT2D eigenvalue weighted by Crippen LogP contribution is 2.30. The molecule has 1 aromatic carbocycles. The molecule has 0 N–H and O–H groups in total. The molecule has 1 rings (SSSR count). The van der Waals surface area contributed by atoms with E-state index >= 15 is 0 Å². The molecule has 1 unspecified atom stereocenters. The summed E-state index contributed by atoms with van der Waals surface area (Å²) in [6, 6.07) is 3.07. The molecule has 0 amide bonds. The highest BCUT2D eigenvalue weighted by atomic mass is 35.5. The molecule has 88 valence electrons. The van der Waals surface area contributed by atoms with Crippen molar-refractivity contribution in [2.75, 3.05) is 0 Å². The molecule has 0 aromatic heterocycles. The van der Waals surface area contributed by atoms with Crippen LogP contribution in [-0.4, -0.2) is 11.1 Å². The fourth-order valence-electron chi connectivity index (χ4n) is 1.10. The number of hydrogen-bond acceptors (Lipinski definition) is 1. The smallest absolute Gasteiger partial charge is 0.0501 e. The summed E-state index contributed by atoms with van der Waals surface area (Å²) >= 11 is 17.7. The third-order valence-electron chi connectivity index (χ3n) is 2.15. The summed E-state index contributed by atoms with van der Waals surface area (Å²) < 4.78 is 0. The van der Waals surface area contributed by atoms with Gasteiger partial charge in [-0.15, -0.1) is 13.7 Å². The quantitative estimate of drug-likeness (QED) is 0.766. The second kappa shape index (κ2) is 6.23. The standard InChI is InChI=1S/C11H12Cl3OP/c1-3-6(2)16-11(15)10-8(13)4-7(12)5-9(10)14/h4-6,15H,3H2,1-2H3/p-1. The van der Waals surface area contributed by atoms with Gasteiger partial charge in [-0.25, -0.2) is 0 Å². The lowest BCUT2D eigenvalue weighted by Crippen LogP contribution is -2.18. The van der Waals surface area contributed by atoms with Gasteiger partial charge >= 0.3 is 0 Å². The fourth-order valence-corrected chi connectivity index (χ4v) is 3.18. The van der Waals surface area contributed by atoms with Gasteiger partial charge in [0.1, 0.15) is 0 Å². The van der Waals surface area contributed by atoms with Crippen molar-refractivity contribution in [1.29, 1.82) is 0 Å². The summed E-state index contributed by atoms with van der Waals surface area (Å²) in [5, 5.41) is 13.0. The van der Waals surface area contributed by atoms with Crippen LogP contribution < -0.4 is 5.11 Å². The first-order chi connectivity index (χ1) is 7.45. The van der Waals surface area contributed by atoms with E-state index in [1.54, 1.807) is 0 Å². The van der Waals surface area contributed by atoms with Crippen LogP contribution in [0, 0.1) is 0 Å². The molecule has 0 aliphatic heterocycles. The molecule has 0 aliphatic rings. The van der Waals surface area contributed by atoms with E-state index in [1.165, 1.54) is 12.1 Å². The van der Waals surface area contributed by atoms with E-state index in [0.29, 0.717) is 34.5 Å². The molecule has 0 fully saturated rings. The van der Waals surface area contributed by atoms with Crippen molar-refractivity contribution in [3.05, 3.63) is 32.8 Å². The fraction of sp³-hybridized carbons (Fsp3) is 0.364. The Morgan fingerprint density at radius 3 is 2.25 bits per heavy atom. The van der Waals surface area contributed by atoms with Crippen LogP contribution in [0.2, 0.25) is 15.1 Å². The van der Waals surface area contributed by atoms with Gasteiger partial charge in [-0.3, -0.25) is 0 Å². The molecular formula is C11H11Cl3OP-. The van der Waals surface area contributed by atoms with Crippen molar-refractivity contribution >= 4 is 48.5 Å². The average Bonchev–Trinajstić information content (AvgIpc) is 2.15. The Labute approximate surface area is 112 Å². The third-order valence-corrected chi connectivity index (χ3v) is 4.23. The van der Waals surface area contributed by atoms with Crippen molar-refractivity contribution in [2.24, 2.45) is 0 Å². The highest BCUT2D eigenvalue weighted by Gasteiger charge is 2.07. The van der Waals surface area contributed by atoms with Crippen LogP contribution in [0.5, 0.6) is 0 Å². The van der Waals surface area contributed by atoms with Gasteiger partial charge in [-0.2, -0.15) is 0 Å². The maximum atomic E-state index is 11.9. The molecular weight excluding hydrogens is 285 g/mol. The maximum absolute atomic E-state index is 11.9. The lowest BCUT2D eigenvalue weighted by Gasteiger charge is -2.17. The van der Waals surface area contributed by atoms with Gasteiger partial charge in [0.2, 0.25) is 0 Å². The molecule has 0 bridgehead atoms. The van der Waals surface area contributed by atoms with E-state index in [-0.39, 0.29) is 5.48 Å². The Balaban J connectivity index is 3.18. The molecule has 1 nitrogen and oxygen atoms in total. The van der Waals surface area contributed by atoms with Gasteiger partial charge in [0.25, 0.3) is 0 Å². The Morgan fingerprint density at radius 2 is 1.81 bits per heavy atom. The van der Waals surface area contributed by atoms with Crippen molar-refractivity contribution in [3.63, 3.8) is 0 Å². The molecule has 16 heavy (non-hydrogen) atoms. The van der Waals surface area contributed by atoms with E-state index in [1.807, 2.05) is 13.8 Å². The van der Waals surface area contributed by atoms with Crippen LogP contribution in [0.1, 0.15) is 25.8 Å². The predicted molar refractivity (Wildman–Crippen MR) is 72.3 cm³/mol. The Kier molecular flexibility index (Phi) is 5.56. The van der Waals surface area contributed by atoms with Gasteiger partial charge in [0.05, 0.1) is 10.0 Å². The second-order valence-corrected chi connectivity index (χ2v) is 6.23. The number of rotatable bonds is 3. The molecule has 1 aromatic rings. The maximum Gasteiger partial charge on any atom is 0.0501 e. The van der Waals surface area contributed by atoms with E-state index < -0.39 is 0 Å². The van der Waals surface area contributed by atoms with Crippen molar-refractivity contribution in [2.45, 2.75) is 25.9 Å². The van der Waals surface area contributed by atoms with Crippen LogP contribution in [0.15, 0.2) is 12.1 Å². The monoisotopic (exact) mass is 295 g/mol. The number of halogens is 3. The van der Waals surface area contributed by atoms with Gasteiger partial charge in [-0.1, -0.05) is 48.7 Å². The molecule has 0 heterocycles. The molecule has 1 atom stereocenters. The Bertz CT molecular complexity index is 395. The molecule has 5 heteroatoms. The van der Waals surface area contributed by atoms with Crippen LogP contribution >= 0.6 is 43.0 Å². The molecule has 0 aliphatic carbocycles. The third kappa shape index (κ3) is 3.61. The number of hydrogen-bond donors (Lipinski definition) is 0. The van der Waals surface area contributed by atoms with Crippen LogP contribution in [0.25, 0.3) is 0 Å². The van der Waals surface area contributed by atoms with Gasteiger partial charge in [0, 0.05) is 10.6 Å². The van der Waals surface area contributed by atoms with Gasteiger partial charge in [0.15, 0.2) is 0 Å². The highest BCUT2D eigenvalue weighted by molar-refractivity contribution is 7.41. The first-order valence-corrected chi connectivity index (χ1v) is 6.95. The minimum Gasteiger partial charge on any atom is -0.823 e. The molecule has 0 saturated carbocycles. The minimum atomic E-state index is -0.0546. The van der Waals surface area contributed by atoms with Crippen molar-refractivity contribution < 1.29 is 5.11 Å². The zero-order chi connectivity index (χ0) is 12.3. The zero-order valence-electron chi connectivity index (χ0n) is 8.93. The summed E-state index contributed by atoms with van der Waals surface area (Å²) in [6.45, 7) is 4.05. The summed E-state index contributed by atoms with van der Waals surface area (Å²) in [4.78, 5) is 0. The predicted octanol–water partition coefficient (Wildman–Crippen LogP) is 4.23. The van der Waals surface area contributed by atoms with E-state index in [0.717, 1.165) is 6.42 Å². The minimum absolute atomic E-state index is 0.0546. The molecule has 0 saturated heterocycles. The number of benzene rings is 1. The average molecular weight is 297 g/mol.